The van der Waals surface area contributed by atoms with Crippen molar-refractivity contribution in [2.75, 3.05) is 40.0 Å². The molecule has 1 aromatic heterocycles. The van der Waals surface area contributed by atoms with Crippen LogP contribution in [0, 0.1) is 0 Å². The molecule has 1 amide bonds. The second-order valence-electron chi connectivity index (χ2n) is 8.04. The Morgan fingerprint density at radius 1 is 1.21 bits per heavy atom. The molecule has 0 saturated carbocycles. The third-order valence-corrected chi connectivity index (χ3v) is 6.54. The van der Waals surface area contributed by atoms with Gasteiger partial charge in [0.15, 0.2) is 0 Å². The van der Waals surface area contributed by atoms with E-state index in [0.29, 0.717) is 19.8 Å². The number of hydrogen-bond acceptors (Lipinski definition) is 5. The van der Waals surface area contributed by atoms with Crippen molar-refractivity contribution in [3.05, 3.63) is 48.3 Å². The van der Waals surface area contributed by atoms with Gasteiger partial charge in [0.05, 0.1) is 7.11 Å². The van der Waals surface area contributed by atoms with Gasteiger partial charge in [-0.1, -0.05) is 12.1 Å². The van der Waals surface area contributed by atoms with Gasteiger partial charge in [-0.3, -0.25) is 9.48 Å². The van der Waals surface area contributed by atoms with E-state index in [1.54, 1.807) is 13.3 Å². The third-order valence-electron chi connectivity index (χ3n) is 6.54. The molecule has 1 aromatic carbocycles. The number of carbonyl (C=O) groups is 1. The Labute approximate surface area is 171 Å². The van der Waals surface area contributed by atoms with E-state index in [1.165, 1.54) is 5.56 Å². The fourth-order valence-electron chi connectivity index (χ4n) is 4.61. The number of amides is 1. The molecule has 2 N–H and O–H groups in total. The summed E-state index contributed by atoms with van der Waals surface area (Å²) in [5, 5.41) is 11.1. The fraction of sp³-hybridized carbons (Fsp3) is 0.545. The van der Waals surface area contributed by atoms with E-state index < -0.39 is 5.54 Å². The van der Waals surface area contributed by atoms with Crippen molar-refractivity contribution < 1.29 is 14.3 Å². The van der Waals surface area contributed by atoms with E-state index in [2.05, 4.69) is 27.9 Å². The largest absolute Gasteiger partial charge is 0.497 e. The van der Waals surface area contributed by atoms with E-state index in [-0.39, 0.29) is 11.3 Å². The van der Waals surface area contributed by atoms with Gasteiger partial charge in [-0.05, 0) is 62.5 Å². The number of methoxy groups -OCH3 is 1. The summed E-state index contributed by atoms with van der Waals surface area (Å²) < 4.78 is 12.8. The molecule has 2 fully saturated rings. The highest BCUT2D eigenvalue weighted by Gasteiger charge is 2.43. The van der Waals surface area contributed by atoms with Crippen LogP contribution in [0.3, 0.4) is 0 Å². The predicted molar refractivity (Wildman–Crippen MR) is 110 cm³/mol. The molecule has 0 atom stereocenters. The topological polar surface area (TPSA) is 77.4 Å². The first-order valence-corrected chi connectivity index (χ1v) is 10.4. The predicted octanol–water partition coefficient (Wildman–Crippen LogP) is 1.83. The normalized spacial score (nSPS) is 20.7. The number of aromatic nitrogens is 2. The van der Waals surface area contributed by atoms with Crippen LogP contribution in [0.2, 0.25) is 0 Å². The van der Waals surface area contributed by atoms with Gasteiger partial charge in [-0.15, -0.1) is 0 Å². The molecule has 4 rings (SSSR count). The second kappa shape index (κ2) is 8.55. The molecule has 2 aliphatic heterocycles. The maximum absolute atomic E-state index is 13.5. The molecule has 7 nitrogen and oxygen atoms in total. The standard InChI is InChI=1S/C22H30N4O3/c1-28-19-5-3-18(4-6-19)21(9-15-29-16-10-21)17-24-20(27)22(7-12-23-13-8-22)26-14-2-11-25-26/h2-6,11,14,23H,7-10,12-13,15-17H2,1H3,(H,24,27). The van der Waals surface area contributed by atoms with Gasteiger partial charge in [0.1, 0.15) is 11.3 Å². The molecule has 156 valence electrons. The van der Waals surface area contributed by atoms with Gasteiger partial charge in [0.2, 0.25) is 5.91 Å². The lowest BCUT2D eigenvalue weighted by molar-refractivity contribution is -0.132. The minimum atomic E-state index is -0.624. The number of carbonyl (C=O) groups excluding carboxylic acids is 1. The van der Waals surface area contributed by atoms with Crippen LogP contribution in [-0.4, -0.2) is 55.6 Å². The number of ether oxygens (including phenoxy) is 2. The smallest absolute Gasteiger partial charge is 0.248 e. The molecule has 7 heteroatoms. The zero-order chi connectivity index (χ0) is 20.2. The molecule has 0 unspecified atom stereocenters. The van der Waals surface area contributed by atoms with Crippen LogP contribution < -0.4 is 15.4 Å². The number of rotatable bonds is 6. The van der Waals surface area contributed by atoms with Gasteiger partial charge in [0.25, 0.3) is 0 Å². The Kier molecular flexibility index (Phi) is 5.87. The maximum Gasteiger partial charge on any atom is 0.248 e. The SMILES string of the molecule is COc1ccc(C2(CNC(=O)C3(n4cccn4)CCNCC3)CCOCC2)cc1. The molecule has 3 heterocycles. The van der Waals surface area contributed by atoms with Crippen molar-refractivity contribution in [3.63, 3.8) is 0 Å². The molecule has 0 spiro atoms. The van der Waals surface area contributed by atoms with Gasteiger partial charge >= 0.3 is 0 Å². The minimum absolute atomic E-state index is 0.0575. The number of benzene rings is 1. The molecule has 2 saturated heterocycles. The molecule has 0 aliphatic carbocycles. The molecule has 2 aliphatic rings. The number of piperidine rings is 1. The Bertz CT molecular complexity index is 792. The summed E-state index contributed by atoms with van der Waals surface area (Å²) in [6.45, 7) is 3.62. The Morgan fingerprint density at radius 3 is 2.55 bits per heavy atom. The van der Waals surface area contributed by atoms with Crippen LogP contribution in [0.1, 0.15) is 31.2 Å². The number of nitrogens with zero attached hydrogens (tertiary/aromatic N) is 2. The fourth-order valence-corrected chi connectivity index (χ4v) is 4.61. The molecular formula is C22H30N4O3. The summed E-state index contributed by atoms with van der Waals surface area (Å²) in [7, 11) is 1.67. The molecular weight excluding hydrogens is 368 g/mol. The second-order valence-corrected chi connectivity index (χ2v) is 8.04. The zero-order valence-electron chi connectivity index (χ0n) is 17.0. The van der Waals surface area contributed by atoms with Crippen molar-refractivity contribution in [1.82, 2.24) is 20.4 Å². The molecule has 0 radical (unpaired) electrons. The summed E-state index contributed by atoms with van der Waals surface area (Å²) in [5.41, 5.74) is 0.472. The summed E-state index contributed by atoms with van der Waals surface area (Å²) in [4.78, 5) is 13.5. The Morgan fingerprint density at radius 2 is 1.93 bits per heavy atom. The van der Waals surface area contributed by atoms with E-state index in [9.17, 15) is 4.79 Å². The van der Waals surface area contributed by atoms with Crippen LogP contribution in [-0.2, 0) is 20.5 Å². The van der Waals surface area contributed by atoms with Crippen LogP contribution in [0.25, 0.3) is 0 Å². The molecule has 0 bridgehead atoms. The first kappa shape index (κ1) is 19.9. The van der Waals surface area contributed by atoms with Crippen molar-refractivity contribution in [1.29, 1.82) is 0 Å². The van der Waals surface area contributed by atoms with E-state index in [1.807, 2.05) is 29.1 Å². The highest BCUT2D eigenvalue weighted by molar-refractivity contribution is 5.84. The van der Waals surface area contributed by atoms with Crippen molar-refractivity contribution in [2.45, 2.75) is 36.6 Å². The molecule has 29 heavy (non-hydrogen) atoms. The number of hydrogen-bond donors (Lipinski definition) is 2. The van der Waals surface area contributed by atoms with Gasteiger partial charge in [-0.2, -0.15) is 5.10 Å². The van der Waals surface area contributed by atoms with Crippen molar-refractivity contribution in [3.8, 4) is 5.75 Å². The molecule has 2 aromatic rings. The summed E-state index contributed by atoms with van der Waals surface area (Å²) >= 11 is 0. The van der Waals surface area contributed by atoms with E-state index >= 15 is 0 Å². The van der Waals surface area contributed by atoms with Gasteiger partial charge in [-0.25, -0.2) is 0 Å². The lowest BCUT2D eigenvalue weighted by atomic mass is 9.73. The summed E-state index contributed by atoms with van der Waals surface area (Å²) in [5.74, 6) is 0.898. The van der Waals surface area contributed by atoms with Gasteiger partial charge in [0, 0.05) is 37.6 Å². The summed E-state index contributed by atoms with van der Waals surface area (Å²) in [6, 6.07) is 10.1. The van der Waals surface area contributed by atoms with Crippen LogP contribution in [0.5, 0.6) is 5.75 Å². The average Bonchev–Trinajstić information content (AvgIpc) is 3.34. The summed E-state index contributed by atoms with van der Waals surface area (Å²) in [6.07, 6.45) is 6.89. The average molecular weight is 399 g/mol. The minimum Gasteiger partial charge on any atom is -0.497 e. The first-order valence-electron chi connectivity index (χ1n) is 10.4. The Hall–Kier alpha value is -2.38. The van der Waals surface area contributed by atoms with Crippen LogP contribution >= 0.6 is 0 Å². The maximum atomic E-state index is 13.5. The quantitative estimate of drug-likeness (QED) is 0.776. The van der Waals surface area contributed by atoms with Crippen LogP contribution in [0.15, 0.2) is 42.7 Å². The van der Waals surface area contributed by atoms with E-state index in [4.69, 9.17) is 9.47 Å². The van der Waals surface area contributed by atoms with Gasteiger partial charge < -0.3 is 20.1 Å². The first-order chi connectivity index (χ1) is 14.2. The highest BCUT2D eigenvalue weighted by Crippen LogP contribution is 2.36. The lowest BCUT2D eigenvalue weighted by Gasteiger charge is -2.41. The Balaban J connectivity index is 1.55. The third kappa shape index (κ3) is 3.89. The van der Waals surface area contributed by atoms with Crippen molar-refractivity contribution in [2.24, 2.45) is 0 Å². The zero-order valence-corrected chi connectivity index (χ0v) is 17.0. The number of nitrogens with one attached hydrogen (secondary N) is 2. The van der Waals surface area contributed by atoms with Crippen molar-refractivity contribution >= 4 is 5.91 Å². The monoisotopic (exact) mass is 398 g/mol. The lowest BCUT2D eigenvalue weighted by Crippen LogP contribution is -2.56. The van der Waals surface area contributed by atoms with E-state index in [0.717, 1.165) is 44.5 Å². The highest BCUT2D eigenvalue weighted by atomic mass is 16.5. The van der Waals surface area contributed by atoms with Crippen LogP contribution in [0.4, 0.5) is 0 Å².